The molecule has 1 aromatic carbocycles. The molecule has 0 radical (unpaired) electrons. The highest BCUT2D eigenvalue weighted by molar-refractivity contribution is 6.30. The molecule has 0 heterocycles. The van der Waals surface area contributed by atoms with Gasteiger partial charge in [-0.05, 0) is 73.5 Å². The van der Waals surface area contributed by atoms with Crippen LogP contribution in [0.2, 0.25) is 5.02 Å². The lowest BCUT2D eigenvalue weighted by Crippen LogP contribution is -2.24. The van der Waals surface area contributed by atoms with Crippen LogP contribution in [0.1, 0.15) is 58.4 Å². The molecule has 0 saturated heterocycles. The molecule has 1 aliphatic rings. The maximum atomic E-state index is 6.03. The van der Waals surface area contributed by atoms with Gasteiger partial charge in [0.25, 0.3) is 0 Å². The first-order valence-electron chi connectivity index (χ1n) is 8.31. The molecule has 5 atom stereocenters. The van der Waals surface area contributed by atoms with Crippen LogP contribution >= 0.6 is 11.6 Å². The van der Waals surface area contributed by atoms with E-state index in [2.05, 4.69) is 46.4 Å². The topological polar surface area (TPSA) is 0 Å². The zero-order valence-electron chi connectivity index (χ0n) is 13.9. The van der Waals surface area contributed by atoms with E-state index in [0.717, 1.165) is 22.8 Å². The molecule has 1 aliphatic carbocycles. The summed E-state index contributed by atoms with van der Waals surface area (Å²) in [6, 6.07) is 8.45. The Morgan fingerprint density at radius 1 is 1.14 bits per heavy atom. The minimum atomic E-state index is 0.594. The van der Waals surface area contributed by atoms with Crippen LogP contribution in [0.5, 0.6) is 0 Å². The average Bonchev–Trinajstić information content (AvgIpc) is 2.58. The fourth-order valence-corrected chi connectivity index (χ4v) is 4.49. The van der Waals surface area contributed by atoms with Crippen molar-refractivity contribution < 1.29 is 0 Å². The van der Waals surface area contributed by atoms with Gasteiger partial charge < -0.3 is 0 Å². The molecule has 1 fully saturated rings. The molecule has 1 saturated carbocycles. The zero-order chi connectivity index (χ0) is 15.6. The van der Waals surface area contributed by atoms with E-state index in [1.54, 1.807) is 0 Å². The van der Waals surface area contributed by atoms with E-state index in [1.165, 1.54) is 30.4 Å². The second-order valence-corrected chi connectivity index (χ2v) is 7.66. The van der Waals surface area contributed by atoms with Crippen LogP contribution in [0, 0.1) is 23.7 Å². The van der Waals surface area contributed by atoms with Crippen molar-refractivity contribution in [1.82, 2.24) is 0 Å². The maximum Gasteiger partial charge on any atom is 0.0406 e. The normalized spacial score (nSPS) is 31.5. The molecule has 0 bridgehead atoms. The molecule has 0 N–H and O–H groups in total. The SMILES string of the molecule is C=C(C)C1CCC(C)C(C(C)c2ccc(Cl)cc2)C(C)C1. The van der Waals surface area contributed by atoms with Crippen LogP contribution in [0.4, 0.5) is 0 Å². The highest BCUT2D eigenvalue weighted by Crippen LogP contribution is 2.44. The molecule has 0 aliphatic heterocycles. The van der Waals surface area contributed by atoms with E-state index >= 15 is 0 Å². The van der Waals surface area contributed by atoms with Crippen molar-refractivity contribution in [3.05, 3.63) is 47.0 Å². The number of hydrogen-bond acceptors (Lipinski definition) is 0. The Kier molecular flexibility index (Phi) is 5.54. The zero-order valence-corrected chi connectivity index (χ0v) is 14.7. The number of benzene rings is 1. The van der Waals surface area contributed by atoms with Crippen molar-refractivity contribution in [2.75, 3.05) is 0 Å². The fraction of sp³-hybridized carbons (Fsp3) is 0.600. The van der Waals surface area contributed by atoms with Gasteiger partial charge in [0.05, 0.1) is 0 Å². The van der Waals surface area contributed by atoms with Gasteiger partial charge in [-0.2, -0.15) is 0 Å². The first-order chi connectivity index (χ1) is 9.90. The number of hydrogen-bond donors (Lipinski definition) is 0. The summed E-state index contributed by atoms with van der Waals surface area (Å²) < 4.78 is 0. The summed E-state index contributed by atoms with van der Waals surface area (Å²) in [5.74, 6) is 3.57. The van der Waals surface area contributed by atoms with E-state index in [4.69, 9.17) is 11.6 Å². The summed E-state index contributed by atoms with van der Waals surface area (Å²) >= 11 is 6.03. The van der Waals surface area contributed by atoms with E-state index in [9.17, 15) is 0 Å². The standard InChI is InChI=1S/C20H29Cl/c1-13(2)18-7-6-14(3)20(15(4)12-18)16(5)17-8-10-19(21)11-9-17/h8-11,14-16,18,20H,1,6-7,12H2,2-5H3. The summed E-state index contributed by atoms with van der Waals surface area (Å²) in [4.78, 5) is 0. The molecule has 0 aromatic heterocycles. The predicted molar refractivity (Wildman–Crippen MR) is 93.8 cm³/mol. The van der Waals surface area contributed by atoms with Gasteiger partial charge in [0.1, 0.15) is 0 Å². The highest BCUT2D eigenvalue weighted by atomic mass is 35.5. The minimum absolute atomic E-state index is 0.594. The quantitative estimate of drug-likeness (QED) is 0.430. The van der Waals surface area contributed by atoms with Gasteiger partial charge >= 0.3 is 0 Å². The Morgan fingerprint density at radius 2 is 1.76 bits per heavy atom. The Labute approximate surface area is 135 Å². The molecule has 21 heavy (non-hydrogen) atoms. The second kappa shape index (κ2) is 7.01. The van der Waals surface area contributed by atoms with Crippen LogP contribution < -0.4 is 0 Å². The molecule has 0 spiro atoms. The molecule has 2 rings (SSSR count). The summed E-state index contributed by atoms with van der Waals surface area (Å²) in [5, 5.41) is 0.829. The third-order valence-electron chi connectivity index (χ3n) is 5.61. The van der Waals surface area contributed by atoms with Gasteiger partial charge in [-0.15, -0.1) is 0 Å². The van der Waals surface area contributed by atoms with Crippen LogP contribution in [0.3, 0.4) is 0 Å². The smallest absolute Gasteiger partial charge is 0.0406 e. The third kappa shape index (κ3) is 3.92. The van der Waals surface area contributed by atoms with E-state index in [-0.39, 0.29) is 0 Å². The molecule has 116 valence electrons. The first-order valence-corrected chi connectivity index (χ1v) is 8.68. The lowest BCUT2D eigenvalue weighted by atomic mass is 9.72. The molecule has 0 nitrogen and oxygen atoms in total. The van der Waals surface area contributed by atoms with Crippen LogP contribution in [0.25, 0.3) is 0 Å². The van der Waals surface area contributed by atoms with Crippen molar-refractivity contribution >= 4 is 11.6 Å². The number of rotatable bonds is 3. The van der Waals surface area contributed by atoms with Gasteiger partial charge in [-0.1, -0.05) is 56.7 Å². The van der Waals surface area contributed by atoms with Crippen LogP contribution in [0.15, 0.2) is 36.4 Å². The molecule has 0 amide bonds. The number of halogens is 1. The van der Waals surface area contributed by atoms with Gasteiger partial charge in [0, 0.05) is 5.02 Å². The first kappa shape index (κ1) is 16.6. The Morgan fingerprint density at radius 3 is 2.33 bits per heavy atom. The Balaban J connectivity index is 2.19. The Hall–Kier alpha value is -0.750. The lowest BCUT2D eigenvalue weighted by Gasteiger charge is -2.33. The van der Waals surface area contributed by atoms with Crippen molar-refractivity contribution in [1.29, 1.82) is 0 Å². The van der Waals surface area contributed by atoms with Gasteiger partial charge in [-0.3, -0.25) is 0 Å². The summed E-state index contributed by atoms with van der Waals surface area (Å²) in [7, 11) is 0. The average molecular weight is 305 g/mol. The molecular formula is C20H29Cl. The molecule has 1 heteroatoms. The second-order valence-electron chi connectivity index (χ2n) is 7.23. The third-order valence-corrected chi connectivity index (χ3v) is 5.86. The van der Waals surface area contributed by atoms with E-state index < -0.39 is 0 Å². The van der Waals surface area contributed by atoms with Crippen molar-refractivity contribution in [3.63, 3.8) is 0 Å². The van der Waals surface area contributed by atoms with Crippen LogP contribution in [-0.2, 0) is 0 Å². The van der Waals surface area contributed by atoms with E-state index in [1.807, 2.05) is 12.1 Å². The van der Waals surface area contributed by atoms with Crippen molar-refractivity contribution in [3.8, 4) is 0 Å². The fourth-order valence-electron chi connectivity index (χ4n) is 4.36. The summed E-state index contributed by atoms with van der Waals surface area (Å²) in [5.41, 5.74) is 2.80. The Bertz CT molecular complexity index is 473. The van der Waals surface area contributed by atoms with Crippen LogP contribution in [-0.4, -0.2) is 0 Å². The maximum absolute atomic E-state index is 6.03. The number of allylic oxidation sites excluding steroid dienone is 1. The monoisotopic (exact) mass is 304 g/mol. The molecule has 1 aromatic rings. The predicted octanol–water partition coefficient (Wildman–Crippen LogP) is 6.71. The van der Waals surface area contributed by atoms with Crippen molar-refractivity contribution in [2.45, 2.75) is 52.9 Å². The molecule has 5 unspecified atom stereocenters. The minimum Gasteiger partial charge on any atom is -0.0999 e. The van der Waals surface area contributed by atoms with Gasteiger partial charge in [0.15, 0.2) is 0 Å². The van der Waals surface area contributed by atoms with Gasteiger partial charge in [-0.25, -0.2) is 0 Å². The summed E-state index contributed by atoms with van der Waals surface area (Å²) in [6.07, 6.45) is 3.93. The highest BCUT2D eigenvalue weighted by Gasteiger charge is 2.34. The van der Waals surface area contributed by atoms with Gasteiger partial charge in [0.2, 0.25) is 0 Å². The summed E-state index contributed by atoms with van der Waals surface area (Å²) in [6.45, 7) is 13.7. The largest absolute Gasteiger partial charge is 0.0999 e. The molecular weight excluding hydrogens is 276 g/mol. The van der Waals surface area contributed by atoms with Crippen molar-refractivity contribution in [2.24, 2.45) is 23.7 Å². The van der Waals surface area contributed by atoms with E-state index in [0.29, 0.717) is 11.8 Å². The lowest BCUT2D eigenvalue weighted by molar-refractivity contribution is 0.218.